The van der Waals surface area contributed by atoms with E-state index in [-0.39, 0.29) is 5.69 Å². The van der Waals surface area contributed by atoms with Gasteiger partial charge in [0.25, 0.3) is 0 Å². The van der Waals surface area contributed by atoms with Crippen molar-refractivity contribution in [2.45, 2.75) is 26.8 Å². The van der Waals surface area contributed by atoms with Crippen molar-refractivity contribution in [3.63, 3.8) is 0 Å². The standard InChI is InChI=1S/C11H13N3O3/c1-3-9-12-8(13-17-9)6-14-5-4-7(2)10(14)11(15)16/h4-5H,3,6H2,1-2H3,(H,15,16). The summed E-state index contributed by atoms with van der Waals surface area (Å²) in [5.74, 6) is 0.0902. The van der Waals surface area contributed by atoms with Crippen LogP contribution < -0.4 is 0 Å². The summed E-state index contributed by atoms with van der Waals surface area (Å²) in [4.78, 5) is 15.2. The lowest BCUT2D eigenvalue weighted by Gasteiger charge is -2.03. The van der Waals surface area contributed by atoms with Crippen molar-refractivity contribution in [3.8, 4) is 0 Å². The molecule has 0 aliphatic carbocycles. The van der Waals surface area contributed by atoms with Gasteiger partial charge in [-0.1, -0.05) is 12.1 Å². The number of carboxylic acid groups (broad SMARTS) is 1. The summed E-state index contributed by atoms with van der Waals surface area (Å²) in [7, 11) is 0. The molecule has 0 radical (unpaired) electrons. The maximum atomic E-state index is 11.1. The van der Waals surface area contributed by atoms with E-state index in [1.54, 1.807) is 23.8 Å². The first-order chi connectivity index (χ1) is 8.11. The number of aromatic carboxylic acids is 1. The summed E-state index contributed by atoms with van der Waals surface area (Å²) in [6, 6.07) is 1.75. The summed E-state index contributed by atoms with van der Waals surface area (Å²) in [5.41, 5.74) is 0.976. The predicted octanol–water partition coefficient (Wildman–Crippen LogP) is 1.49. The van der Waals surface area contributed by atoms with Crippen molar-refractivity contribution < 1.29 is 14.4 Å². The zero-order valence-corrected chi connectivity index (χ0v) is 9.67. The molecule has 0 saturated heterocycles. The van der Waals surface area contributed by atoms with E-state index in [9.17, 15) is 4.79 Å². The molecule has 0 spiro atoms. The number of aryl methyl sites for hydroxylation is 2. The van der Waals surface area contributed by atoms with Gasteiger partial charge in [0.05, 0.1) is 6.54 Å². The fourth-order valence-electron chi connectivity index (χ4n) is 1.66. The number of carbonyl (C=O) groups is 1. The number of rotatable bonds is 4. The van der Waals surface area contributed by atoms with Crippen LogP contribution in [0, 0.1) is 6.92 Å². The molecule has 0 aromatic carbocycles. The van der Waals surface area contributed by atoms with E-state index < -0.39 is 5.97 Å². The summed E-state index contributed by atoms with van der Waals surface area (Å²) in [6.07, 6.45) is 2.38. The highest BCUT2D eigenvalue weighted by Crippen LogP contribution is 2.11. The van der Waals surface area contributed by atoms with Gasteiger partial charge in [-0.2, -0.15) is 4.98 Å². The largest absolute Gasteiger partial charge is 0.477 e. The molecule has 17 heavy (non-hydrogen) atoms. The smallest absolute Gasteiger partial charge is 0.352 e. The van der Waals surface area contributed by atoms with Gasteiger partial charge in [-0.15, -0.1) is 0 Å². The first-order valence-electron chi connectivity index (χ1n) is 5.32. The van der Waals surface area contributed by atoms with Gasteiger partial charge in [-0.3, -0.25) is 0 Å². The van der Waals surface area contributed by atoms with E-state index in [0.717, 1.165) is 5.56 Å². The average molecular weight is 235 g/mol. The second kappa shape index (κ2) is 4.40. The molecule has 0 fully saturated rings. The van der Waals surface area contributed by atoms with Crippen LogP contribution in [0.25, 0.3) is 0 Å². The minimum Gasteiger partial charge on any atom is -0.477 e. The van der Waals surface area contributed by atoms with Crippen molar-refractivity contribution in [2.24, 2.45) is 0 Å². The molecular formula is C11H13N3O3. The maximum absolute atomic E-state index is 11.1. The van der Waals surface area contributed by atoms with Gasteiger partial charge in [0, 0.05) is 12.6 Å². The van der Waals surface area contributed by atoms with Crippen LogP contribution in [0.2, 0.25) is 0 Å². The Kier molecular flexibility index (Phi) is 2.95. The summed E-state index contributed by atoms with van der Waals surface area (Å²) < 4.78 is 6.57. The zero-order chi connectivity index (χ0) is 12.4. The molecule has 0 unspecified atom stereocenters. The molecule has 0 bridgehead atoms. The molecule has 90 valence electrons. The highest BCUT2D eigenvalue weighted by molar-refractivity contribution is 5.87. The average Bonchev–Trinajstić information content (AvgIpc) is 2.86. The van der Waals surface area contributed by atoms with Crippen molar-refractivity contribution in [1.29, 1.82) is 0 Å². The fraction of sp³-hybridized carbons (Fsp3) is 0.364. The monoisotopic (exact) mass is 235 g/mol. The van der Waals surface area contributed by atoms with Gasteiger partial charge in [0.15, 0.2) is 5.82 Å². The molecule has 6 nitrogen and oxygen atoms in total. The quantitative estimate of drug-likeness (QED) is 0.868. The Hall–Kier alpha value is -2.11. The van der Waals surface area contributed by atoms with Crippen LogP contribution in [0.5, 0.6) is 0 Å². The number of nitrogens with zero attached hydrogens (tertiary/aromatic N) is 3. The fourth-order valence-corrected chi connectivity index (χ4v) is 1.66. The maximum Gasteiger partial charge on any atom is 0.352 e. The molecular weight excluding hydrogens is 222 g/mol. The zero-order valence-electron chi connectivity index (χ0n) is 9.67. The Bertz CT molecular complexity index is 542. The normalized spacial score (nSPS) is 10.7. The van der Waals surface area contributed by atoms with E-state index in [1.165, 1.54) is 0 Å². The Balaban J connectivity index is 2.27. The molecule has 2 aromatic rings. The van der Waals surface area contributed by atoms with Crippen molar-refractivity contribution in [2.75, 3.05) is 0 Å². The molecule has 2 heterocycles. The number of hydrogen-bond acceptors (Lipinski definition) is 4. The van der Waals surface area contributed by atoms with Gasteiger partial charge in [-0.25, -0.2) is 4.79 Å². The number of carboxylic acids is 1. The van der Waals surface area contributed by atoms with Crippen LogP contribution >= 0.6 is 0 Å². The van der Waals surface area contributed by atoms with Crippen LogP contribution in [-0.4, -0.2) is 25.8 Å². The van der Waals surface area contributed by atoms with Crippen molar-refractivity contribution >= 4 is 5.97 Å². The van der Waals surface area contributed by atoms with Gasteiger partial charge in [-0.05, 0) is 18.6 Å². The molecule has 0 amide bonds. The molecule has 2 rings (SSSR count). The van der Waals surface area contributed by atoms with Crippen molar-refractivity contribution in [3.05, 3.63) is 35.2 Å². The van der Waals surface area contributed by atoms with Crippen LogP contribution in [0.4, 0.5) is 0 Å². The van der Waals surface area contributed by atoms with Gasteiger partial charge >= 0.3 is 5.97 Å². The Labute approximate surface area is 97.9 Å². The van der Waals surface area contributed by atoms with E-state index in [4.69, 9.17) is 9.63 Å². The number of aromatic nitrogens is 3. The molecule has 0 aliphatic heterocycles. The second-order valence-corrected chi connectivity index (χ2v) is 3.74. The minimum atomic E-state index is -0.952. The lowest BCUT2D eigenvalue weighted by Crippen LogP contribution is -2.10. The molecule has 2 aromatic heterocycles. The summed E-state index contributed by atoms with van der Waals surface area (Å²) in [6.45, 7) is 3.98. The Morgan fingerprint density at radius 1 is 1.59 bits per heavy atom. The third-order valence-electron chi connectivity index (χ3n) is 2.49. The van der Waals surface area contributed by atoms with E-state index in [2.05, 4.69) is 10.1 Å². The molecule has 0 aliphatic rings. The summed E-state index contributed by atoms with van der Waals surface area (Å²) in [5, 5.41) is 12.9. The minimum absolute atomic E-state index is 0.257. The van der Waals surface area contributed by atoms with E-state index in [0.29, 0.717) is 24.7 Å². The highest BCUT2D eigenvalue weighted by Gasteiger charge is 2.15. The third kappa shape index (κ3) is 2.20. The van der Waals surface area contributed by atoms with Crippen molar-refractivity contribution in [1.82, 2.24) is 14.7 Å². The summed E-state index contributed by atoms with van der Waals surface area (Å²) >= 11 is 0. The highest BCUT2D eigenvalue weighted by atomic mass is 16.5. The van der Waals surface area contributed by atoms with Gasteiger partial charge in [0.1, 0.15) is 5.69 Å². The van der Waals surface area contributed by atoms with E-state index >= 15 is 0 Å². The lowest BCUT2D eigenvalue weighted by atomic mass is 10.3. The first kappa shape index (κ1) is 11.4. The van der Waals surface area contributed by atoms with E-state index in [1.807, 2.05) is 6.92 Å². The third-order valence-corrected chi connectivity index (χ3v) is 2.49. The topological polar surface area (TPSA) is 81.2 Å². The predicted molar refractivity (Wildman–Crippen MR) is 58.9 cm³/mol. The SMILES string of the molecule is CCc1nc(Cn2ccc(C)c2C(=O)O)no1. The molecule has 0 saturated carbocycles. The Morgan fingerprint density at radius 2 is 2.35 bits per heavy atom. The lowest BCUT2D eigenvalue weighted by molar-refractivity contribution is 0.0684. The molecule has 0 atom stereocenters. The first-order valence-corrected chi connectivity index (χ1v) is 5.32. The van der Waals surface area contributed by atoms with Crippen LogP contribution in [0.1, 0.15) is 34.7 Å². The van der Waals surface area contributed by atoms with Crippen LogP contribution in [0.3, 0.4) is 0 Å². The van der Waals surface area contributed by atoms with Gasteiger partial charge in [0.2, 0.25) is 5.89 Å². The molecule has 1 N–H and O–H groups in total. The van der Waals surface area contributed by atoms with Crippen LogP contribution in [0.15, 0.2) is 16.8 Å². The second-order valence-electron chi connectivity index (χ2n) is 3.74. The Morgan fingerprint density at radius 3 is 2.94 bits per heavy atom. The van der Waals surface area contributed by atoms with Crippen LogP contribution in [-0.2, 0) is 13.0 Å². The van der Waals surface area contributed by atoms with Gasteiger partial charge < -0.3 is 14.2 Å². The number of hydrogen-bond donors (Lipinski definition) is 1. The molecule has 6 heteroatoms.